The zero-order valence-electron chi connectivity index (χ0n) is 18.2. The molecule has 1 aromatic carbocycles. The van der Waals surface area contributed by atoms with Crippen molar-refractivity contribution in [1.29, 1.82) is 5.41 Å². The van der Waals surface area contributed by atoms with Gasteiger partial charge in [0.1, 0.15) is 12.4 Å². The lowest BCUT2D eigenvalue weighted by atomic mass is 9.89. The Balaban J connectivity index is 1.89. The first-order valence-corrected chi connectivity index (χ1v) is 10.8. The van der Waals surface area contributed by atoms with E-state index in [0.29, 0.717) is 41.6 Å². The summed E-state index contributed by atoms with van der Waals surface area (Å²) in [5.74, 6) is 0.285. The Kier molecular flexibility index (Phi) is 6.41. The van der Waals surface area contributed by atoms with Crippen molar-refractivity contribution in [2.24, 2.45) is 5.73 Å². The number of aromatic nitrogens is 1. The summed E-state index contributed by atoms with van der Waals surface area (Å²) >= 11 is 0. The van der Waals surface area contributed by atoms with Crippen LogP contribution in [0.3, 0.4) is 0 Å². The van der Waals surface area contributed by atoms with Gasteiger partial charge in [-0.25, -0.2) is 9.37 Å². The van der Waals surface area contributed by atoms with Crippen molar-refractivity contribution in [1.82, 2.24) is 15.6 Å². The van der Waals surface area contributed by atoms with Gasteiger partial charge in [-0.1, -0.05) is 0 Å². The molecule has 1 aliphatic carbocycles. The summed E-state index contributed by atoms with van der Waals surface area (Å²) in [5, 5.41) is 15.6. The van der Waals surface area contributed by atoms with E-state index >= 15 is 0 Å². The van der Waals surface area contributed by atoms with Crippen LogP contribution in [0, 0.1) is 11.2 Å². The summed E-state index contributed by atoms with van der Waals surface area (Å²) in [4.78, 5) is 4.34. The minimum Gasteiger partial charge on any atom is -0.485 e. The Morgan fingerprint density at radius 1 is 1.31 bits per heavy atom. The standard InChI is InChI=1S/C24H29FN6O/c1-29-11-15-7-14(10-26)23(31-19-3-2-4-19)16-9-21(24(28)30-12-16)32-13-17-8-18(25)5-6-20(17)22(15)27/h5-6,8-9,11-12,19,27,29,31H,2-4,7,10,13,26H2,1H3,(H2,28,30)/b15-11-,23-14-,27-22?. The molecule has 0 spiro atoms. The summed E-state index contributed by atoms with van der Waals surface area (Å²) in [6.07, 6.45) is 7.36. The molecule has 2 heterocycles. The number of hydrogen-bond acceptors (Lipinski definition) is 7. The van der Waals surface area contributed by atoms with Crippen molar-refractivity contribution in [2.75, 3.05) is 19.3 Å². The van der Waals surface area contributed by atoms with Crippen molar-refractivity contribution in [3.05, 3.63) is 70.3 Å². The molecule has 1 aromatic heterocycles. The van der Waals surface area contributed by atoms with Crippen molar-refractivity contribution >= 4 is 17.2 Å². The molecule has 0 radical (unpaired) electrons. The quantitative estimate of drug-likeness (QED) is 0.502. The second-order valence-corrected chi connectivity index (χ2v) is 8.16. The molecular weight excluding hydrogens is 407 g/mol. The maximum Gasteiger partial charge on any atom is 0.166 e. The van der Waals surface area contributed by atoms with Gasteiger partial charge >= 0.3 is 0 Å². The molecule has 1 saturated carbocycles. The average molecular weight is 437 g/mol. The van der Waals surface area contributed by atoms with Gasteiger partial charge in [0.25, 0.3) is 0 Å². The molecule has 0 amide bonds. The number of nitrogens with one attached hydrogen (secondary N) is 3. The van der Waals surface area contributed by atoms with Crippen molar-refractivity contribution in [3.8, 4) is 5.75 Å². The van der Waals surface area contributed by atoms with E-state index in [4.69, 9.17) is 21.6 Å². The van der Waals surface area contributed by atoms with Gasteiger partial charge < -0.3 is 26.8 Å². The zero-order chi connectivity index (χ0) is 22.7. The molecule has 0 atom stereocenters. The lowest BCUT2D eigenvalue weighted by Crippen LogP contribution is -2.35. The molecule has 1 aliphatic heterocycles. The van der Waals surface area contributed by atoms with Gasteiger partial charge in [-0.2, -0.15) is 0 Å². The van der Waals surface area contributed by atoms with Crippen molar-refractivity contribution in [2.45, 2.75) is 38.3 Å². The van der Waals surface area contributed by atoms with E-state index in [-0.39, 0.29) is 18.2 Å². The Bertz CT molecular complexity index is 1090. The molecule has 0 unspecified atom stereocenters. The van der Waals surface area contributed by atoms with E-state index in [1.807, 2.05) is 6.07 Å². The summed E-state index contributed by atoms with van der Waals surface area (Å²) in [5.41, 5.74) is 17.2. The fraction of sp³-hybridized carbons (Fsp3) is 0.333. The van der Waals surface area contributed by atoms with Crippen LogP contribution < -0.4 is 26.8 Å². The molecule has 1 fully saturated rings. The van der Waals surface area contributed by atoms with E-state index in [0.717, 1.165) is 35.2 Å². The molecule has 7 N–H and O–H groups in total. The second kappa shape index (κ2) is 9.40. The van der Waals surface area contributed by atoms with Crippen LogP contribution in [0.15, 0.2) is 47.8 Å². The van der Waals surface area contributed by atoms with Crippen LogP contribution in [0.1, 0.15) is 42.4 Å². The number of allylic oxidation sites excluding steroid dienone is 1. The normalized spacial score (nSPS) is 20.5. The highest BCUT2D eigenvalue weighted by Crippen LogP contribution is 2.32. The number of anilines is 1. The van der Waals surface area contributed by atoms with Crippen molar-refractivity contribution in [3.63, 3.8) is 0 Å². The number of pyridine rings is 1. The van der Waals surface area contributed by atoms with Crippen LogP contribution in [-0.4, -0.2) is 30.3 Å². The average Bonchev–Trinajstić information content (AvgIpc) is 2.75. The highest BCUT2D eigenvalue weighted by Gasteiger charge is 2.23. The van der Waals surface area contributed by atoms with Gasteiger partial charge in [-0.05, 0) is 54.7 Å². The maximum absolute atomic E-state index is 14.0. The molecule has 2 aliphatic rings. The molecule has 4 rings (SSSR count). The van der Waals surface area contributed by atoms with Crippen LogP contribution in [-0.2, 0) is 6.61 Å². The Hall–Kier alpha value is -3.39. The third-order valence-corrected chi connectivity index (χ3v) is 5.99. The molecular formula is C24H29FN6O. The number of benzene rings is 1. The van der Waals surface area contributed by atoms with Crippen LogP contribution in [0.2, 0.25) is 0 Å². The van der Waals surface area contributed by atoms with E-state index in [2.05, 4.69) is 15.6 Å². The smallest absolute Gasteiger partial charge is 0.166 e. The molecule has 2 aromatic rings. The topological polar surface area (TPSA) is 122 Å². The molecule has 0 saturated heterocycles. The molecule has 168 valence electrons. The fourth-order valence-electron chi connectivity index (χ4n) is 3.99. The highest BCUT2D eigenvalue weighted by atomic mass is 19.1. The van der Waals surface area contributed by atoms with E-state index in [1.54, 1.807) is 25.5 Å². The largest absolute Gasteiger partial charge is 0.485 e. The Morgan fingerprint density at radius 2 is 2.12 bits per heavy atom. The number of ether oxygens (including phenoxy) is 1. The van der Waals surface area contributed by atoms with Crippen LogP contribution >= 0.6 is 0 Å². The number of fused-ring (bicyclic) bond motifs is 3. The predicted octanol–water partition coefficient (Wildman–Crippen LogP) is 3.07. The van der Waals surface area contributed by atoms with Gasteiger partial charge in [0.15, 0.2) is 11.6 Å². The summed E-state index contributed by atoms with van der Waals surface area (Å²) in [7, 11) is 1.79. The Morgan fingerprint density at radius 3 is 2.81 bits per heavy atom. The molecule has 2 bridgehead atoms. The van der Waals surface area contributed by atoms with Crippen LogP contribution in [0.25, 0.3) is 5.70 Å². The van der Waals surface area contributed by atoms with Gasteiger partial charge in [0, 0.05) is 60.8 Å². The number of nitrogens with zero attached hydrogens (tertiary/aromatic N) is 1. The first-order valence-electron chi connectivity index (χ1n) is 10.8. The predicted molar refractivity (Wildman–Crippen MR) is 125 cm³/mol. The maximum atomic E-state index is 14.0. The summed E-state index contributed by atoms with van der Waals surface area (Å²) < 4.78 is 20.0. The third kappa shape index (κ3) is 4.45. The monoisotopic (exact) mass is 436 g/mol. The van der Waals surface area contributed by atoms with Gasteiger partial charge in [-0.15, -0.1) is 0 Å². The minimum atomic E-state index is -0.388. The highest BCUT2D eigenvalue weighted by molar-refractivity contribution is 6.11. The fourth-order valence-corrected chi connectivity index (χ4v) is 3.99. The Labute approximate surface area is 187 Å². The zero-order valence-corrected chi connectivity index (χ0v) is 18.2. The van der Waals surface area contributed by atoms with Crippen LogP contribution in [0.5, 0.6) is 5.75 Å². The first-order chi connectivity index (χ1) is 15.5. The van der Waals surface area contributed by atoms with E-state index in [1.165, 1.54) is 18.6 Å². The number of nitrogens with two attached hydrogens (primary N) is 2. The van der Waals surface area contributed by atoms with Gasteiger partial charge in [-0.3, -0.25) is 5.41 Å². The molecule has 32 heavy (non-hydrogen) atoms. The molecule has 7 nitrogen and oxygen atoms in total. The lowest BCUT2D eigenvalue weighted by molar-refractivity contribution is 0.306. The summed E-state index contributed by atoms with van der Waals surface area (Å²) in [6, 6.07) is 6.59. The molecule has 8 heteroatoms. The summed E-state index contributed by atoms with van der Waals surface area (Å²) in [6.45, 7) is 0.372. The number of nitrogen functional groups attached to an aromatic ring is 1. The van der Waals surface area contributed by atoms with E-state index in [9.17, 15) is 4.39 Å². The number of hydrogen-bond donors (Lipinski definition) is 5. The first kappa shape index (κ1) is 21.8. The van der Waals surface area contributed by atoms with Crippen molar-refractivity contribution < 1.29 is 9.13 Å². The minimum absolute atomic E-state index is 0.0660. The SMILES string of the molecule is CN/C=C1/C/C(CN)=C(/NC2CCC2)c2cnc(N)c(c2)OCc2cc(F)ccc2C1=N. The third-order valence-electron chi connectivity index (χ3n) is 5.99. The number of halogens is 1. The van der Waals surface area contributed by atoms with Crippen LogP contribution in [0.4, 0.5) is 10.2 Å². The van der Waals surface area contributed by atoms with Gasteiger partial charge in [0.05, 0.1) is 5.71 Å². The number of rotatable bonds is 4. The van der Waals surface area contributed by atoms with Gasteiger partial charge in [0.2, 0.25) is 0 Å². The van der Waals surface area contributed by atoms with E-state index < -0.39 is 0 Å². The lowest BCUT2D eigenvalue weighted by Gasteiger charge is -2.31. The second-order valence-electron chi connectivity index (χ2n) is 8.16.